The Kier molecular flexibility index (Phi) is 6.09. The van der Waals surface area contributed by atoms with E-state index in [1.807, 2.05) is 60.7 Å². The number of carbonyl (C=O) groups excluding carboxylic acids is 1. The molecule has 0 radical (unpaired) electrons. The van der Waals surface area contributed by atoms with Gasteiger partial charge in [0.1, 0.15) is 11.5 Å². The standard InChI is InChI=1S/C26H16Cl2N2O2S/c27-20-12-7-13-21(28)24(20)22-15-14-19(32-22)16-23-25(31)30(18-10-5-2-6-11-18)26(33-23)29-17-8-3-1-4-9-17/h1-16H. The van der Waals surface area contributed by atoms with Gasteiger partial charge in [-0.1, -0.05) is 65.7 Å². The molecule has 1 aliphatic heterocycles. The number of amides is 1. The maximum atomic E-state index is 13.4. The van der Waals surface area contributed by atoms with Crippen molar-refractivity contribution in [3.63, 3.8) is 0 Å². The fourth-order valence-electron chi connectivity index (χ4n) is 3.39. The van der Waals surface area contributed by atoms with Gasteiger partial charge < -0.3 is 4.42 Å². The Hall–Kier alpha value is -3.25. The lowest BCUT2D eigenvalue weighted by Crippen LogP contribution is -2.28. The second-order valence-corrected chi connectivity index (χ2v) is 8.94. The number of para-hydroxylation sites is 2. The molecular formula is C26H16Cl2N2O2S. The van der Waals surface area contributed by atoms with E-state index in [4.69, 9.17) is 32.6 Å². The van der Waals surface area contributed by atoms with Crippen molar-refractivity contribution in [3.8, 4) is 11.3 Å². The summed E-state index contributed by atoms with van der Waals surface area (Å²) in [6.45, 7) is 0. The molecule has 0 unspecified atom stereocenters. The summed E-state index contributed by atoms with van der Waals surface area (Å²) in [6.07, 6.45) is 1.71. The van der Waals surface area contributed by atoms with Gasteiger partial charge in [0.25, 0.3) is 5.91 Å². The number of furan rings is 1. The van der Waals surface area contributed by atoms with Crippen LogP contribution in [0, 0.1) is 0 Å². The zero-order valence-corrected chi connectivity index (χ0v) is 19.4. The van der Waals surface area contributed by atoms with Crippen LogP contribution in [0.1, 0.15) is 5.76 Å². The average molecular weight is 491 g/mol. The van der Waals surface area contributed by atoms with Crippen LogP contribution < -0.4 is 4.90 Å². The molecule has 7 heteroatoms. The van der Waals surface area contributed by atoms with Gasteiger partial charge in [0.15, 0.2) is 5.17 Å². The van der Waals surface area contributed by atoms with E-state index in [9.17, 15) is 4.79 Å². The molecule has 3 aromatic carbocycles. The number of halogens is 2. The Morgan fingerprint density at radius 1 is 0.818 bits per heavy atom. The lowest BCUT2D eigenvalue weighted by Gasteiger charge is -2.15. The van der Waals surface area contributed by atoms with Gasteiger partial charge in [-0.3, -0.25) is 9.69 Å². The summed E-state index contributed by atoms with van der Waals surface area (Å²) in [5, 5.41) is 1.56. The highest BCUT2D eigenvalue weighted by Crippen LogP contribution is 2.39. The molecular weight excluding hydrogens is 475 g/mol. The monoisotopic (exact) mass is 490 g/mol. The van der Waals surface area contributed by atoms with Crippen LogP contribution >= 0.6 is 35.0 Å². The predicted octanol–water partition coefficient (Wildman–Crippen LogP) is 8.06. The largest absolute Gasteiger partial charge is 0.457 e. The Morgan fingerprint density at radius 3 is 2.18 bits per heavy atom. The molecule has 1 amide bonds. The summed E-state index contributed by atoms with van der Waals surface area (Å²) in [6, 6.07) is 27.9. The van der Waals surface area contributed by atoms with Gasteiger partial charge in [-0.25, -0.2) is 4.99 Å². The van der Waals surface area contributed by atoms with Crippen molar-refractivity contribution in [2.24, 2.45) is 4.99 Å². The zero-order chi connectivity index (χ0) is 22.8. The molecule has 0 spiro atoms. The van der Waals surface area contributed by atoms with Crippen molar-refractivity contribution in [2.75, 3.05) is 4.90 Å². The van der Waals surface area contributed by atoms with E-state index in [0.717, 1.165) is 11.4 Å². The van der Waals surface area contributed by atoms with Crippen LogP contribution in [0.3, 0.4) is 0 Å². The van der Waals surface area contributed by atoms with Crippen molar-refractivity contribution >= 4 is 63.5 Å². The molecule has 1 aromatic heterocycles. The van der Waals surface area contributed by atoms with E-state index in [0.29, 0.717) is 37.2 Å². The molecule has 0 bridgehead atoms. The summed E-state index contributed by atoms with van der Waals surface area (Å²) >= 11 is 13.9. The molecule has 0 aliphatic carbocycles. The number of amidine groups is 1. The normalized spacial score (nSPS) is 16.2. The van der Waals surface area contributed by atoms with Crippen molar-refractivity contribution in [2.45, 2.75) is 0 Å². The van der Waals surface area contributed by atoms with E-state index < -0.39 is 0 Å². The summed E-state index contributed by atoms with van der Waals surface area (Å²) in [4.78, 5) is 20.2. The lowest BCUT2D eigenvalue weighted by molar-refractivity contribution is -0.113. The lowest BCUT2D eigenvalue weighted by atomic mass is 10.2. The average Bonchev–Trinajstić information content (AvgIpc) is 3.39. The first-order valence-electron chi connectivity index (χ1n) is 10.1. The Bertz CT molecular complexity index is 1360. The molecule has 1 saturated heterocycles. The van der Waals surface area contributed by atoms with Gasteiger partial charge in [0.2, 0.25) is 0 Å². The minimum absolute atomic E-state index is 0.172. The van der Waals surface area contributed by atoms with Crippen molar-refractivity contribution in [3.05, 3.63) is 112 Å². The Morgan fingerprint density at radius 2 is 1.48 bits per heavy atom. The van der Waals surface area contributed by atoms with Crippen LogP contribution in [-0.2, 0) is 4.79 Å². The third-order valence-electron chi connectivity index (χ3n) is 4.91. The first kappa shape index (κ1) is 21.6. The maximum absolute atomic E-state index is 13.4. The predicted molar refractivity (Wildman–Crippen MR) is 137 cm³/mol. The highest BCUT2D eigenvalue weighted by molar-refractivity contribution is 8.19. The van der Waals surface area contributed by atoms with Crippen LogP contribution in [0.15, 0.2) is 105 Å². The summed E-state index contributed by atoms with van der Waals surface area (Å²) in [5.41, 5.74) is 2.13. The van der Waals surface area contributed by atoms with E-state index in [2.05, 4.69) is 0 Å². The molecule has 0 saturated carbocycles. The molecule has 2 heterocycles. The van der Waals surface area contributed by atoms with Crippen LogP contribution in [0.25, 0.3) is 17.4 Å². The van der Waals surface area contributed by atoms with Crippen LogP contribution in [0.4, 0.5) is 11.4 Å². The summed E-state index contributed by atoms with van der Waals surface area (Å²) in [7, 11) is 0. The zero-order valence-electron chi connectivity index (χ0n) is 17.1. The molecule has 1 fully saturated rings. The minimum atomic E-state index is -0.172. The molecule has 4 aromatic rings. The molecule has 0 atom stereocenters. The van der Waals surface area contributed by atoms with Gasteiger partial charge in [0.05, 0.1) is 31.9 Å². The van der Waals surface area contributed by atoms with E-state index in [1.165, 1.54) is 11.8 Å². The number of hydrogen-bond donors (Lipinski definition) is 0. The van der Waals surface area contributed by atoms with Gasteiger partial charge in [0, 0.05) is 6.08 Å². The smallest absolute Gasteiger partial charge is 0.271 e. The number of aliphatic imine (C=N–C) groups is 1. The third-order valence-corrected chi connectivity index (χ3v) is 6.51. The van der Waals surface area contributed by atoms with Gasteiger partial charge in [-0.2, -0.15) is 0 Å². The first-order chi connectivity index (χ1) is 16.1. The highest BCUT2D eigenvalue weighted by Gasteiger charge is 2.35. The number of nitrogens with zero attached hydrogens (tertiary/aromatic N) is 2. The summed E-state index contributed by atoms with van der Waals surface area (Å²) < 4.78 is 5.97. The maximum Gasteiger partial charge on any atom is 0.271 e. The number of carbonyl (C=O) groups is 1. The molecule has 33 heavy (non-hydrogen) atoms. The second kappa shape index (κ2) is 9.32. The number of benzene rings is 3. The van der Waals surface area contributed by atoms with Gasteiger partial charge in [-0.15, -0.1) is 0 Å². The number of rotatable bonds is 4. The first-order valence-corrected chi connectivity index (χ1v) is 11.6. The topological polar surface area (TPSA) is 45.8 Å². The van der Waals surface area contributed by atoms with E-state index >= 15 is 0 Å². The number of anilines is 1. The summed E-state index contributed by atoms with van der Waals surface area (Å²) in [5.74, 6) is 0.881. The van der Waals surface area contributed by atoms with E-state index in [1.54, 1.807) is 41.3 Å². The molecule has 1 aliphatic rings. The quantitative estimate of drug-likeness (QED) is 0.271. The second-order valence-electron chi connectivity index (χ2n) is 7.12. The highest BCUT2D eigenvalue weighted by atomic mass is 35.5. The van der Waals surface area contributed by atoms with Crippen LogP contribution in [0.5, 0.6) is 0 Å². The Labute approximate surface area is 205 Å². The van der Waals surface area contributed by atoms with Crippen LogP contribution in [-0.4, -0.2) is 11.1 Å². The van der Waals surface area contributed by atoms with E-state index in [-0.39, 0.29) is 5.91 Å². The van der Waals surface area contributed by atoms with Crippen LogP contribution in [0.2, 0.25) is 10.0 Å². The van der Waals surface area contributed by atoms with Crippen molar-refractivity contribution in [1.82, 2.24) is 0 Å². The molecule has 5 rings (SSSR count). The number of thioether (sulfide) groups is 1. The van der Waals surface area contributed by atoms with Gasteiger partial charge >= 0.3 is 0 Å². The minimum Gasteiger partial charge on any atom is -0.457 e. The fourth-order valence-corrected chi connectivity index (χ4v) is 4.96. The number of hydrogen-bond acceptors (Lipinski definition) is 4. The SMILES string of the molecule is O=C1C(=Cc2ccc(-c3c(Cl)cccc3Cl)o2)SC(=Nc2ccccc2)N1c1ccccc1. The van der Waals surface area contributed by atoms with Crippen molar-refractivity contribution in [1.29, 1.82) is 0 Å². The molecule has 4 nitrogen and oxygen atoms in total. The van der Waals surface area contributed by atoms with Gasteiger partial charge in [-0.05, 0) is 60.3 Å². The molecule has 0 N–H and O–H groups in total. The Balaban J connectivity index is 1.52. The fraction of sp³-hybridized carbons (Fsp3) is 0. The third kappa shape index (κ3) is 4.48. The molecule has 162 valence electrons. The van der Waals surface area contributed by atoms with Crippen molar-refractivity contribution < 1.29 is 9.21 Å².